The molecule has 0 bridgehead atoms. The SMILES string of the molecule is CCc1ccccc1N(CC(=O)N(Cc1c(Cl)cccc1Cl)C(Cc1ccccc1)C(=O)NC(C)CC)S(=O)(=O)c1ccccc1. The summed E-state index contributed by atoms with van der Waals surface area (Å²) in [5, 5.41) is 3.69. The Kier molecular flexibility index (Phi) is 12.3. The molecule has 2 amide bonds. The Hall–Kier alpha value is -3.85. The summed E-state index contributed by atoms with van der Waals surface area (Å²) in [6, 6.07) is 28.4. The van der Waals surface area contributed by atoms with Crippen LogP contribution in [0.1, 0.15) is 43.9 Å². The lowest BCUT2D eigenvalue weighted by atomic mass is 10.0. The van der Waals surface area contributed by atoms with Crippen molar-refractivity contribution in [2.45, 2.75) is 63.6 Å². The number of nitrogens with zero attached hydrogens (tertiary/aromatic N) is 2. The second kappa shape index (κ2) is 16.1. The number of nitrogens with one attached hydrogen (secondary N) is 1. The first-order valence-corrected chi connectivity index (χ1v) is 17.5. The topological polar surface area (TPSA) is 86.8 Å². The number of carbonyl (C=O) groups excluding carboxylic acids is 2. The van der Waals surface area contributed by atoms with Crippen molar-refractivity contribution in [1.29, 1.82) is 0 Å². The van der Waals surface area contributed by atoms with Crippen LogP contribution in [0.15, 0.2) is 108 Å². The molecule has 1 N–H and O–H groups in total. The molecule has 2 unspecified atom stereocenters. The second-order valence-electron chi connectivity index (χ2n) is 11.1. The minimum atomic E-state index is -4.20. The smallest absolute Gasteiger partial charge is 0.264 e. The Morgan fingerprint density at radius 2 is 1.39 bits per heavy atom. The molecular formula is C36H39Cl2N3O4S. The molecule has 4 aromatic rings. The predicted octanol–water partition coefficient (Wildman–Crippen LogP) is 7.31. The van der Waals surface area contributed by atoms with Crippen molar-refractivity contribution in [3.63, 3.8) is 0 Å². The molecule has 46 heavy (non-hydrogen) atoms. The molecule has 2 atom stereocenters. The number of para-hydroxylation sites is 1. The van der Waals surface area contributed by atoms with Crippen LogP contribution < -0.4 is 9.62 Å². The van der Waals surface area contributed by atoms with E-state index in [2.05, 4.69) is 5.32 Å². The van der Waals surface area contributed by atoms with E-state index in [1.165, 1.54) is 17.0 Å². The number of aryl methyl sites for hydroxylation is 1. The average Bonchev–Trinajstić information content (AvgIpc) is 3.06. The van der Waals surface area contributed by atoms with Gasteiger partial charge in [0.05, 0.1) is 10.6 Å². The van der Waals surface area contributed by atoms with Crippen molar-refractivity contribution in [2.75, 3.05) is 10.8 Å². The van der Waals surface area contributed by atoms with Gasteiger partial charge in [-0.3, -0.25) is 13.9 Å². The summed E-state index contributed by atoms with van der Waals surface area (Å²) < 4.78 is 29.6. The van der Waals surface area contributed by atoms with Crippen molar-refractivity contribution in [2.24, 2.45) is 0 Å². The van der Waals surface area contributed by atoms with Gasteiger partial charge in [0.25, 0.3) is 10.0 Å². The first-order valence-electron chi connectivity index (χ1n) is 15.3. The highest BCUT2D eigenvalue weighted by Crippen LogP contribution is 2.30. The molecule has 0 aromatic heterocycles. The maximum absolute atomic E-state index is 14.7. The number of hydrogen-bond donors (Lipinski definition) is 1. The number of benzene rings is 4. The van der Waals surface area contributed by atoms with Crippen LogP contribution in [-0.2, 0) is 39.0 Å². The molecule has 0 fully saturated rings. The summed E-state index contributed by atoms with van der Waals surface area (Å²) in [7, 11) is -4.20. The zero-order chi connectivity index (χ0) is 33.3. The van der Waals surface area contributed by atoms with Crippen LogP contribution in [0.4, 0.5) is 5.69 Å². The highest BCUT2D eigenvalue weighted by molar-refractivity contribution is 7.92. The number of sulfonamides is 1. The molecule has 242 valence electrons. The third-order valence-corrected chi connectivity index (χ3v) is 10.4. The van der Waals surface area contributed by atoms with E-state index in [0.29, 0.717) is 34.1 Å². The second-order valence-corrected chi connectivity index (χ2v) is 13.7. The van der Waals surface area contributed by atoms with Crippen LogP contribution in [0.2, 0.25) is 10.0 Å². The first kappa shape index (κ1) is 35.0. The summed E-state index contributed by atoms with van der Waals surface area (Å²) in [5.41, 5.74) is 2.44. The molecule has 0 aliphatic heterocycles. The summed E-state index contributed by atoms with van der Waals surface area (Å²) in [5.74, 6) is -0.942. The maximum atomic E-state index is 14.7. The summed E-state index contributed by atoms with van der Waals surface area (Å²) in [4.78, 5) is 30.1. The van der Waals surface area contributed by atoms with E-state index >= 15 is 0 Å². The lowest BCUT2D eigenvalue weighted by Crippen LogP contribution is -2.54. The van der Waals surface area contributed by atoms with E-state index in [1.54, 1.807) is 48.5 Å². The Bertz CT molecular complexity index is 1720. The average molecular weight is 681 g/mol. The molecule has 4 aromatic carbocycles. The van der Waals surface area contributed by atoms with E-state index < -0.39 is 28.5 Å². The first-order chi connectivity index (χ1) is 22.1. The van der Waals surface area contributed by atoms with Crippen LogP contribution in [0, 0.1) is 0 Å². The van der Waals surface area contributed by atoms with Gasteiger partial charge < -0.3 is 10.2 Å². The molecule has 10 heteroatoms. The van der Waals surface area contributed by atoms with Crippen molar-refractivity contribution < 1.29 is 18.0 Å². The minimum Gasteiger partial charge on any atom is -0.352 e. The fraction of sp³-hybridized carbons (Fsp3) is 0.278. The molecule has 7 nitrogen and oxygen atoms in total. The van der Waals surface area contributed by atoms with Gasteiger partial charge in [0.15, 0.2) is 0 Å². The number of amides is 2. The summed E-state index contributed by atoms with van der Waals surface area (Å²) in [6.07, 6.45) is 1.41. The fourth-order valence-corrected chi connectivity index (χ4v) is 7.12. The van der Waals surface area contributed by atoms with E-state index in [1.807, 2.05) is 63.2 Å². The van der Waals surface area contributed by atoms with Crippen LogP contribution in [0.25, 0.3) is 0 Å². The number of hydrogen-bond acceptors (Lipinski definition) is 4. The molecule has 0 radical (unpaired) electrons. The van der Waals surface area contributed by atoms with Crippen LogP contribution in [0.5, 0.6) is 0 Å². The molecule has 0 aliphatic carbocycles. The van der Waals surface area contributed by atoms with Crippen LogP contribution in [-0.4, -0.2) is 43.8 Å². The number of halogens is 2. The Balaban J connectivity index is 1.86. The minimum absolute atomic E-state index is 0.0461. The van der Waals surface area contributed by atoms with Crippen LogP contribution >= 0.6 is 23.2 Å². The Morgan fingerprint density at radius 1 is 0.804 bits per heavy atom. The third kappa shape index (κ3) is 8.49. The van der Waals surface area contributed by atoms with Gasteiger partial charge in [0, 0.05) is 34.6 Å². The molecule has 0 heterocycles. The van der Waals surface area contributed by atoms with E-state index in [0.717, 1.165) is 15.4 Å². The predicted molar refractivity (Wildman–Crippen MR) is 186 cm³/mol. The highest BCUT2D eigenvalue weighted by atomic mass is 35.5. The van der Waals surface area contributed by atoms with E-state index in [4.69, 9.17) is 23.2 Å². The lowest BCUT2D eigenvalue weighted by Gasteiger charge is -2.35. The van der Waals surface area contributed by atoms with Crippen molar-refractivity contribution in [3.05, 3.63) is 130 Å². The quantitative estimate of drug-likeness (QED) is 0.151. The summed E-state index contributed by atoms with van der Waals surface area (Å²) in [6.45, 7) is 5.11. The monoisotopic (exact) mass is 679 g/mol. The van der Waals surface area contributed by atoms with Gasteiger partial charge in [-0.25, -0.2) is 8.42 Å². The van der Waals surface area contributed by atoms with Gasteiger partial charge in [0.2, 0.25) is 11.8 Å². The molecule has 0 saturated carbocycles. The lowest BCUT2D eigenvalue weighted by molar-refractivity contribution is -0.140. The standard InChI is InChI=1S/C36H39Cl2N3O4S/c1-4-26(3)39-36(43)34(23-27-15-8-6-9-16-27)40(24-30-31(37)20-14-21-32(30)38)35(42)25-41(33-22-13-12-17-28(33)5-2)46(44,45)29-18-10-7-11-19-29/h6-22,26,34H,4-5,23-25H2,1-3H3,(H,39,43). The molecular weight excluding hydrogens is 641 g/mol. The molecule has 0 spiro atoms. The highest BCUT2D eigenvalue weighted by Gasteiger charge is 2.36. The Labute approximate surface area is 282 Å². The van der Waals surface area contributed by atoms with Crippen molar-refractivity contribution in [1.82, 2.24) is 10.2 Å². The van der Waals surface area contributed by atoms with Gasteiger partial charge >= 0.3 is 0 Å². The number of carbonyl (C=O) groups is 2. The summed E-state index contributed by atoms with van der Waals surface area (Å²) >= 11 is 13.2. The molecule has 4 rings (SSSR count). The number of rotatable bonds is 14. The van der Waals surface area contributed by atoms with Crippen molar-refractivity contribution in [3.8, 4) is 0 Å². The van der Waals surface area contributed by atoms with Crippen LogP contribution in [0.3, 0.4) is 0 Å². The largest absolute Gasteiger partial charge is 0.352 e. The van der Waals surface area contributed by atoms with E-state index in [-0.39, 0.29) is 29.8 Å². The molecule has 0 aliphatic rings. The zero-order valence-electron chi connectivity index (χ0n) is 26.2. The zero-order valence-corrected chi connectivity index (χ0v) is 28.5. The maximum Gasteiger partial charge on any atom is 0.264 e. The van der Waals surface area contributed by atoms with Crippen molar-refractivity contribution >= 4 is 50.7 Å². The normalized spacial score (nSPS) is 12.6. The van der Waals surface area contributed by atoms with Gasteiger partial charge in [0.1, 0.15) is 12.6 Å². The van der Waals surface area contributed by atoms with Gasteiger partial charge in [-0.1, -0.05) is 110 Å². The number of anilines is 1. The van der Waals surface area contributed by atoms with E-state index in [9.17, 15) is 18.0 Å². The fourth-order valence-electron chi connectivity index (χ4n) is 5.13. The van der Waals surface area contributed by atoms with Gasteiger partial charge in [-0.2, -0.15) is 0 Å². The Morgan fingerprint density at radius 3 is 2.00 bits per heavy atom. The van der Waals surface area contributed by atoms with Gasteiger partial charge in [-0.15, -0.1) is 0 Å². The molecule has 0 saturated heterocycles. The van der Waals surface area contributed by atoms with Gasteiger partial charge in [-0.05, 0) is 61.2 Å². The third-order valence-electron chi connectivity index (χ3n) is 7.91.